The number of carbonyl (C=O) groups excluding carboxylic acids is 1. The van der Waals surface area contributed by atoms with E-state index in [4.69, 9.17) is 4.74 Å². The number of hydrogen-bond acceptors (Lipinski definition) is 4. The molecule has 9 heteroatoms. The Morgan fingerprint density at radius 3 is 2.15 bits per heavy atom. The number of benzene rings is 2. The van der Waals surface area contributed by atoms with Gasteiger partial charge < -0.3 is 4.74 Å². The Labute approximate surface area is 155 Å². The average Bonchev–Trinajstić information content (AvgIpc) is 2.61. The summed E-state index contributed by atoms with van der Waals surface area (Å²) in [6, 6.07) is 11.7. The standard InChI is InChI=1S/C18H18F3NO4S/c1-2-26-17(23)13-22(12-14-6-4-3-5-7-14)27(24,25)16-10-8-15(9-11-16)18(19,20)21/h3-11H,2,12-13H2,1H3. The lowest BCUT2D eigenvalue weighted by Gasteiger charge is -2.21. The van der Waals surface area contributed by atoms with E-state index in [1.54, 1.807) is 37.3 Å². The molecule has 2 aromatic rings. The van der Waals surface area contributed by atoms with E-state index >= 15 is 0 Å². The zero-order chi connectivity index (χ0) is 20.1. The Kier molecular flexibility index (Phi) is 6.61. The molecule has 0 spiro atoms. The van der Waals surface area contributed by atoms with Gasteiger partial charge in [-0.25, -0.2) is 8.42 Å². The largest absolute Gasteiger partial charge is 0.465 e. The highest BCUT2D eigenvalue weighted by molar-refractivity contribution is 7.89. The predicted octanol–water partition coefficient (Wildman–Crippen LogP) is 3.46. The van der Waals surface area contributed by atoms with E-state index in [9.17, 15) is 26.4 Å². The third-order valence-electron chi connectivity index (χ3n) is 3.63. The molecule has 0 atom stereocenters. The van der Waals surface area contributed by atoms with Gasteiger partial charge >= 0.3 is 12.1 Å². The van der Waals surface area contributed by atoms with Crippen LogP contribution >= 0.6 is 0 Å². The zero-order valence-corrected chi connectivity index (χ0v) is 15.3. The van der Waals surface area contributed by atoms with E-state index in [0.29, 0.717) is 17.7 Å². The quantitative estimate of drug-likeness (QED) is 0.667. The Balaban J connectivity index is 2.35. The van der Waals surface area contributed by atoms with Gasteiger partial charge in [-0.15, -0.1) is 0 Å². The molecule has 27 heavy (non-hydrogen) atoms. The SMILES string of the molecule is CCOC(=O)CN(Cc1ccccc1)S(=O)(=O)c1ccc(C(F)(F)F)cc1. The normalized spacial score (nSPS) is 12.2. The molecule has 5 nitrogen and oxygen atoms in total. The highest BCUT2D eigenvalue weighted by Crippen LogP contribution is 2.30. The number of esters is 1. The van der Waals surface area contributed by atoms with Crippen molar-refractivity contribution < 1.29 is 31.1 Å². The molecule has 0 saturated carbocycles. The van der Waals surface area contributed by atoms with Gasteiger partial charge in [-0.3, -0.25) is 4.79 Å². The summed E-state index contributed by atoms with van der Waals surface area (Å²) in [6.45, 7) is 0.997. The fourth-order valence-electron chi connectivity index (χ4n) is 2.33. The second kappa shape index (κ2) is 8.53. The van der Waals surface area contributed by atoms with Crippen molar-refractivity contribution in [1.82, 2.24) is 4.31 Å². The van der Waals surface area contributed by atoms with Gasteiger partial charge in [-0.1, -0.05) is 30.3 Å². The number of nitrogens with zero attached hydrogens (tertiary/aromatic N) is 1. The fraction of sp³-hybridized carbons (Fsp3) is 0.278. The molecule has 0 amide bonds. The summed E-state index contributed by atoms with van der Waals surface area (Å²) in [6.07, 6.45) is -4.57. The predicted molar refractivity (Wildman–Crippen MR) is 92.1 cm³/mol. The molecular formula is C18H18F3NO4S. The van der Waals surface area contributed by atoms with Crippen molar-refractivity contribution >= 4 is 16.0 Å². The maximum absolute atomic E-state index is 12.9. The highest BCUT2D eigenvalue weighted by atomic mass is 32.2. The second-order valence-electron chi connectivity index (χ2n) is 5.59. The van der Waals surface area contributed by atoms with Crippen LogP contribution in [-0.2, 0) is 32.3 Å². The summed E-state index contributed by atoms with van der Waals surface area (Å²) in [5.74, 6) is -0.746. The van der Waals surface area contributed by atoms with Gasteiger partial charge in [0, 0.05) is 6.54 Å². The summed E-state index contributed by atoms with van der Waals surface area (Å²) < 4.78 is 69.5. The van der Waals surface area contributed by atoms with Gasteiger partial charge in [0.1, 0.15) is 6.54 Å². The van der Waals surface area contributed by atoms with E-state index in [2.05, 4.69) is 0 Å². The lowest BCUT2D eigenvalue weighted by molar-refractivity contribution is -0.143. The molecule has 0 N–H and O–H groups in total. The van der Waals surface area contributed by atoms with E-state index in [1.165, 1.54) is 0 Å². The molecular weight excluding hydrogens is 383 g/mol. The van der Waals surface area contributed by atoms with Crippen LogP contribution in [0, 0.1) is 0 Å². The summed E-state index contributed by atoms with van der Waals surface area (Å²) in [5, 5.41) is 0. The van der Waals surface area contributed by atoms with Gasteiger partial charge in [0.25, 0.3) is 0 Å². The van der Waals surface area contributed by atoms with E-state index in [1.807, 2.05) is 0 Å². The maximum atomic E-state index is 12.9. The molecule has 0 fully saturated rings. The minimum absolute atomic E-state index is 0.0817. The fourth-order valence-corrected chi connectivity index (χ4v) is 3.70. The molecule has 146 valence electrons. The second-order valence-corrected chi connectivity index (χ2v) is 7.52. The molecule has 2 rings (SSSR count). The number of rotatable bonds is 7. The van der Waals surface area contributed by atoms with Crippen molar-refractivity contribution in [3.8, 4) is 0 Å². The Morgan fingerprint density at radius 1 is 1.04 bits per heavy atom. The van der Waals surface area contributed by atoms with E-state index in [-0.39, 0.29) is 18.0 Å². The van der Waals surface area contributed by atoms with Crippen LogP contribution in [0.1, 0.15) is 18.1 Å². The van der Waals surface area contributed by atoms with Crippen LogP contribution in [0.15, 0.2) is 59.5 Å². The summed E-state index contributed by atoms with van der Waals surface area (Å²) in [5.41, 5.74) is -0.335. The summed E-state index contributed by atoms with van der Waals surface area (Å²) in [4.78, 5) is 11.5. The third-order valence-corrected chi connectivity index (χ3v) is 5.44. The van der Waals surface area contributed by atoms with E-state index < -0.39 is 34.3 Å². The number of halogens is 3. The Morgan fingerprint density at radius 2 is 1.63 bits per heavy atom. The zero-order valence-electron chi connectivity index (χ0n) is 14.4. The summed E-state index contributed by atoms with van der Waals surface area (Å²) >= 11 is 0. The van der Waals surface area contributed by atoms with Crippen LogP contribution in [0.25, 0.3) is 0 Å². The lowest BCUT2D eigenvalue weighted by atomic mass is 10.2. The van der Waals surface area contributed by atoms with Crippen molar-refractivity contribution in [3.63, 3.8) is 0 Å². The minimum Gasteiger partial charge on any atom is -0.465 e. The molecule has 0 bridgehead atoms. The Hall–Kier alpha value is -2.39. The maximum Gasteiger partial charge on any atom is 0.416 e. The van der Waals surface area contributed by atoms with E-state index in [0.717, 1.165) is 16.4 Å². The molecule has 2 aromatic carbocycles. The smallest absolute Gasteiger partial charge is 0.416 e. The Bertz CT molecular complexity index is 866. The molecule has 0 saturated heterocycles. The summed E-state index contributed by atoms with van der Waals surface area (Å²) in [7, 11) is -4.21. The van der Waals surface area contributed by atoms with Crippen molar-refractivity contribution in [2.45, 2.75) is 24.5 Å². The number of ether oxygens (including phenoxy) is 1. The van der Waals surface area contributed by atoms with Gasteiger partial charge in [0.2, 0.25) is 10.0 Å². The van der Waals surface area contributed by atoms with Crippen molar-refractivity contribution in [1.29, 1.82) is 0 Å². The number of alkyl halides is 3. The van der Waals surface area contributed by atoms with Gasteiger partial charge in [-0.05, 0) is 36.8 Å². The molecule has 0 aliphatic heterocycles. The van der Waals surface area contributed by atoms with Gasteiger partial charge in [-0.2, -0.15) is 17.5 Å². The van der Waals surface area contributed by atoms with Gasteiger partial charge in [0.15, 0.2) is 0 Å². The van der Waals surface area contributed by atoms with Crippen LogP contribution in [-0.4, -0.2) is 31.8 Å². The first-order valence-electron chi connectivity index (χ1n) is 8.01. The van der Waals surface area contributed by atoms with Crippen LogP contribution in [0.3, 0.4) is 0 Å². The molecule has 0 radical (unpaired) electrons. The minimum atomic E-state index is -4.57. The van der Waals surface area contributed by atoms with Crippen molar-refractivity contribution in [2.24, 2.45) is 0 Å². The molecule has 0 aromatic heterocycles. The lowest BCUT2D eigenvalue weighted by Crippen LogP contribution is -2.36. The molecule has 0 unspecified atom stereocenters. The first-order valence-corrected chi connectivity index (χ1v) is 9.45. The van der Waals surface area contributed by atoms with Crippen molar-refractivity contribution in [3.05, 3.63) is 65.7 Å². The third kappa shape index (κ3) is 5.54. The van der Waals surface area contributed by atoms with Gasteiger partial charge in [0.05, 0.1) is 17.1 Å². The molecule has 0 aliphatic rings. The van der Waals surface area contributed by atoms with Crippen molar-refractivity contribution in [2.75, 3.05) is 13.2 Å². The average molecular weight is 401 g/mol. The molecule has 0 aliphatic carbocycles. The highest BCUT2D eigenvalue weighted by Gasteiger charge is 2.32. The first-order chi connectivity index (χ1) is 12.6. The van der Waals surface area contributed by atoms with Crippen LogP contribution in [0.5, 0.6) is 0 Å². The first kappa shape index (κ1) is 20.9. The monoisotopic (exact) mass is 401 g/mol. The van der Waals surface area contributed by atoms with Crippen LogP contribution in [0.4, 0.5) is 13.2 Å². The topological polar surface area (TPSA) is 63.7 Å². The number of sulfonamides is 1. The number of carbonyl (C=O) groups is 1. The van der Waals surface area contributed by atoms with Crippen LogP contribution in [0.2, 0.25) is 0 Å². The van der Waals surface area contributed by atoms with Crippen LogP contribution < -0.4 is 0 Å². The molecule has 0 heterocycles. The number of hydrogen-bond donors (Lipinski definition) is 0.